The van der Waals surface area contributed by atoms with E-state index in [4.69, 9.17) is 9.47 Å². The van der Waals surface area contributed by atoms with E-state index in [2.05, 4.69) is 14.5 Å². The molecule has 4 rings (SSSR count). The van der Waals surface area contributed by atoms with Gasteiger partial charge in [-0.15, -0.1) is 0 Å². The third-order valence-corrected chi connectivity index (χ3v) is 4.85. The van der Waals surface area contributed by atoms with E-state index < -0.39 is 5.79 Å². The lowest BCUT2D eigenvalue weighted by atomic mass is 10.1. The maximum atomic E-state index is 9.69. The molecular formula is C16H21N3O3. The topological polar surface area (TPSA) is 69.4 Å². The van der Waals surface area contributed by atoms with Crippen LogP contribution in [0.25, 0.3) is 11.0 Å². The van der Waals surface area contributed by atoms with Gasteiger partial charge in [-0.3, -0.25) is 0 Å². The highest BCUT2D eigenvalue weighted by Gasteiger charge is 2.54. The molecule has 22 heavy (non-hydrogen) atoms. The molecule has 118 valence electrons. The molecule has 1 N–H and O–H groups in total. The number of fused-ring (bicyclic) bond motifs is 2. The Morgan fingerprint density at radius 3 is 2.86 bits per heavy atom. The SMILES string of the molecule is Cc1ncnc2c1ccn2[C@@H]1C[C@H](CO)[C@H]2OC(C)(C)O[C@H]21. The first kappa shape index (κ1) is 14.1. The molecule has 0 radical (unpaired) electrons. The maximum absolute atomic E-state index is 9.69. The summed E-state index contributed by atoms with van der Waals surface area (Å²) in [6.07, 6.45) is 4.35. The molecule has 1 aliphatic carbocycles. The number of aliphatic hydroxyl groups is 1. The molecule has 1 aliphatic heterocycles. The summed E-state index contributed by atoms with van der Waals surface area (Å²) in [4.78, 5) is 8.69. The van der Waals surface area contributed by atoms with Gasteiger partial charge < -0.3 is 19.1 Å². The van der Waals surface area contributed by atoms with Crippen LogP contribution >= 0.6 is 0 Å². The van der Waals surface area contributed by atoms with Crippen LogP contribution in [0.5, 0.6) is 0 Å². The summed E-state index contributed by atoms with van der Waals surface area (Å²) in [5, 5.41) is 10.7. The number of aryl methyl sites for hydroxylation is 1. The molecule has 0 amide bonds. The lowest BCUT2D eigenvalue weighted by Gasteiger charge is -2.24. The Labute approximate surface area is 129 Å². The van der Waals surface area contributed by atoms with Crippen molar-refractivity contribution in [2.45, 2.75) is 51.2 Å². The molecule has 2 fully saturated rings. The predicted molar refractivity (Wildman–Crippen MR) is 80.3 cm³/mol. The van der Waals surface area contributed by atoms with Crippen molar-refractivity contribution in [1.82, 2.24) is 14.5 Å². The van der Waals surface area contributed by atoms with Gasteiger partial charge in [0, 0.05) is 24.1 Å². The lowest BCUT2D eigenvalue weighted by molar-refractivity contribution is -0.161. The molecule has 1 saturated heterocycles. The van der Waals surface area contributed by atoms with Gasteiger partial charge >= 0.3 is 0 Å². The molecule has 2 aromatic heterocycles. The summed E-state index contributed by atoms with van der Waals surface area (Å²) in [6.45, 7) is 5.96. The normalized spacial score (nSPS) is 33.5. The summed E-state index contributed by atoms with van der Waals surface area (Å²) in [5.74, 6) is -0.507. The highest BCUT2D eigenvalue weighted by Crippen LogP contribution is 2.47. The average Bonchev–Trinajstić information content (AvgIpc) is 3.10. The van der Waals surface area contributed by atoms with E-state index in [1.165, 1.54) is 0 Å². The first-order valence-corrected chi connectivity index (χ1v) is 7.75. The Morgan fingerprint density at radius 2 is 2.09 bits per heavy atom. The highest BCUT2D eigenvalue weighted by atomic mass is 16.8. The minimum absolute atomic E-state index is 0.0574. The van der Waals surface area contributed by atoms with Crippen molar-refractivity contribution in [3.8, 4) is 0 Å². The Morgan fingerprint density at radius 1 is 1.32 bits per heavy atom. The van der Waals surface area contributed by atoms with E-state index in [0.29, 0.717) is 0 Å². The van der Waals surface area contributed by atoms with Crippen molar-refractivity contribution >= 4 is 11.0 Å². The minimum atomic E-state index is -0.602. The molecule has 6 nitrogen and oxygen atoms in total. The van der Waals surface area contributed by atoms with Crippen LogP contribution in [-0.2, 0) is 9.47 Å². The number of aliphatic hydroxyl groups excluding tert-OH is 1. The largest absolute Gasteiger partial charge is 0.396 e. The quantitative estimate of drug-likeness (QED) is 0.916. The third-order valence-electron chi connectivity index (χ3n) is 4.85. The summed E-state index contributed by atoms with van der Waals surface area (Å²) in [6, 6.07) is 2.17. The molecule has 6 heteroatoms. The third kappa shape index (κ3) is 1.98. The van der Waals surface area contributed by atoms with Crippen LogP contribution in [0, 0.1) is 12.8 Å². The van der Waals surface area contributed by atoms with Crippen LogP contribution in [0.2, 0.25) is 0 Å². The van der Waals surface area contributed by atoms with E-state index in [1.54, 1.807) is 6.33 Å². The van der Waals surface area contributed by atoms with Crippen LogP contribution in [-0.4, -0.2) is 44.2 Å². The molecule has 3 heterocycles. The van der Waals surface area contributed by atoms with E-state index >= 15 is 0 Å². The molecule has 2 aliphatic rings. The summed E-state index contributed by atoms with van der Waals surface area (Å²) >= 11 is 0. The highest BCUT2D eigenvalue weighted by molar-refractivity contribution is 5.78. The fraction of sp³-hybridized carbons (Fsp3) is 0.625. The second kappa shape index (κ2) is 4.75. The number of nitrogens with zero attached hydrogens (tertiary/aromatic N) is 3. The number of hydrogen-bond donors (Lipinski definition) is 1. The first-order chi connectivity index (χ1) is 10.5. The first-order valence-electron chi connectivity index (χ1n) is 7.75. The van der Waals surface area contributed by atoms with Crippen LogP contribution in [0.15, 0.2) is 18.6 Å². The zero-order valence-corrected chi connectivity index (χ0v) is 13.1. The van der Waals surface area contributed by atoms with Crippen molar-refractivity contribution in [2.24, 2.45) is 5.92 Å². The predicted octanol–water partition coefficient (Wildman–Crippen LogP) is 1.81. The van der Waals surface area contributed by atoms with Crippen LogP contribution < -0.4 is 0 Å². The van der Waals surface area contributed by atoms with Crippen molar-refractivity contribution < 1.29 is 14.6 Å². The minimum Gasteiger partial charge on any atom is -0.396 e. The fourth-order valence-corrected chi connectivity index (χ4v) is 3.87. The van der Waals surface area contributed by atoms with Gasteiger partial charge in [0.05, 0.1) is 17.8 Å². The Balaban J connectivity index is 1.77. The molecule has 4 atom stereocenters. The van der Waals surface area contributed by atoms with Crippen molar-refractivity contribution in [1.29, 1.82) is 0 Å². The summed E-state index contributed by atoms with van der Waals surface area (Å²) in [7, 11) is 0. The molecule has 1 saturated carbocycles. The van der Waals surface area contributed by atoms with Gasteiger partial charge in [-0.2, -0.15) is 0 Å². The van der Waals surface area contributed by atoms with Gasteiger partial charge in [0.15, 0.2) is 5.79 Å². The molecular weight excluding hydrogens is 282 g/mol. The van der Waals surface area contributed by atoms with Gasteiger partial charge in [0.1, 0.15) is 18.1 Å². The number of aromatic nitrogens is 3. The monoisotopic (exact) mass is 303 g/mol. The van der Waals surface area contributed by atoms with Crippen LogP contribution in [0.3, 0.4) is 0 Å². The Bertz CT molecular complexity index is 712. The zero-order valence-electron chi connectivity index (χ0n) is 13.1. The van der Waals surface area contributed by atoms with E-state index in [-0.39, 0.29) is 30.8 Å². The van der Waals surface area contributed by atoms with E-state index in [1.807, 2.05) is 33.0 Å². The fourth-order valence-electron chi connectivity index (χ4n) is 3.87. The van der Waals surface area contributed by atoms with Gasteiger partial charge in [-0.25, -0.2) is 9.97 Å². The average molecular weight is 303 g/mol. The molecule has 0 spiro atoms. The number of hydrogen-bond acceptors (Lipinski definition) is 5. The second-order valence-electron chi connectivity index (χ2n) is 6.73. The summed E-state index contributed by atoms with van der Waals surface area (Å²) < 4.78 is 14.3. The van der Waals surface area contributed by atoms with Crippen LogP contribution in [0.1, 0.15) is 32.0 Å². The van der Waals surface area contributed by atoms with Crippen LogP contribution in [0.4, 0.5) is 0 Å². The molecule has 2 aromatic rings. The Kier molecular flexibility index (Phi) is 3.04. The van der Waals surface area contributed by atoms with Gasteiger partial charge in [0.2, 0.25) is 0 Å². The van der Waals surface area contributed by atoms with E-state index in [0.717, 1.165) is 23.1 Å². The van der Waals surface area contributed by atoms with E-state index in [9.17, 15) is 5.11 Å². The standard InChI is InChI=1S/C16H21N3O3/c1-9-11-4-5-19(15(11)18-8-17-9)12-6-10(7-20)13-14(12)22-16(2,3)21-13/h4-5,8,10,12-14,20H,6-7H2,1-3H3/t10-,12-,13-,14+/m1/s1. The van der Waals surface area contributed by atoms with Crippen molar-refractivity contribution in [3.63, 3.8) is 0 Å². The zero-order chi connectivity index (χ0) is 15.5. The molecule has 0 bridgehead atoms. The van der Waals surface area contributed by atoms with Crippen molar-refractivity contribution in [3.05, 3.63) is 24.3 Å². The van der Waals surface area contributed by atoms with Gasteiger partial charge in [-0.1, -0.05) is 0 Å². The molecule has 0 unspecified atom stereocenters. The second-order valence-corrected chi connectivity index (χ2v) is 6.73. The number of ether oxygens (including phenoxy) is 2. The maximum Gasteiger partial charge on any atom is 0.163 e. The smallest absolute Gasteiger partial charge is 0.163 e. The Hall–Kier alpha value is -1.50. The lowest BCUT2D eigenvalue weighted by Crippen LogP contribution is -2.27. The van der Waals surface area contributed by atoms with Gasteiger partial charge in [0.25, 0.3) is 0 Å². The summed E-state index contributed by atoms with van der Waals surface area (Å²) in [5.41, 5.74) is 1.89. The molecule has 0 aromatic carbocycles. The van der Waals surface area contributed by atoms with Crippen molar-refractivity contribution in [2.75, 3.05) is 6.61 Å². The number of rotatable bonds is 2. The van der Waals surface area contributed by atoms with Gasteiger partial charge in [-0.05, 0) is 33.3 Å².